The summed E-state index contributed by atoms with van der Waals surface area (Å²) in [6, 6.07) is 10.3. The molecule has 1 amide bonds. The molecule has 24 heavy (non-hydrogen) atoms. The minimum Gasteiger partial charge on any atom is -0.396 e. The first-order valence-electron chi connectivity index (χ1n) is 8.76. The molecule has 1 aliphatic heterocycles. The number of H-pyrrole nitrogens is 1. The number of aliphatic hydroxyl groups excluding tert-OH is 1. The fraction of sp³-hybridized carbons (Fsp3) is 0.474. The van der Waals surface area contributed by atoms with Gasteiger partial charge < -0.3 is 10.0 Å². The van der Waals surface area contributed by atoms with Crippen LogP contribution in [-0.4, -0.2) is 45.8 Å². The number of carbonyl (C=O) groups is 1. The number of benzene rings is 1. The average Bonchev–Trinajstić information content (AvgIpc) is 3.38. The molecule has 1 saturated heterocycles. The zero-order valence-corrected chi connectivity index (χ0v) is 13.7. The van der Waals surface area contributed by atoms with Gasteiger partial charge in [0.15, 0.2) is 0 Å². The monoisotopic (exact) mass is 325 g/mol. The highest BCUT2D eigenvalue weighted by molar-refractivity contribution is 5.95. The molecule has 1 aliphatic carbocycles. The minimum atomic E-state index is 0.0515. The Bertz CT molecular complexity index is 708. The highest BCUT2D eigenvalue weighted by Crippen LogP contribution is 2.41. The van der Waals surface area contributed by atoms with Crippen LogP contribution in [0.25, 0.3) is 0 Å². The van der Waals surface area contributed by atoms with Crippen molar-refractivity contribution < 1.29 is 9.90 Å². The van der Waals surface area contributed by atoms with E-state index in [1.54, 1.807) is 6.20 Å². The van der Waals surface area contributed by atoms with Gasteiger partial charge in [0, 0.05) is 31.5 Å². The number of hydrogen-bond acceptors (Lipinski definition) is 3. The lowest BCUT2D eigenvalue weighted by molar-refractivity contribution is 0.0577. The van der Waals surface area contributed by atoms with Crippen molar-refractivity contribution in [1.29, 1.82) is 0 Å². The van der Waals surface area contributed by atoms with Crippen LogP contribution in [0, 0.1) is 5.92 Å². The summed E-state index contributed by atoms with van der Waals surface area (Å²) in [7, 11) is 0. The SMILES string of the molecule is O=C(c1cn[nH]c1C1CC1)N1CC[C@@H](c2ccccc2)[C@@H](CO)C1. The summed E-state index contributed by atoms with van der Waals surface area (Å²) in [6.45, 7) is 1.43. The predicted molar refractivity (Wildman–Crippen MR) is 90.8 cm³/mol. The molecule has 0 radical (unpaired) electrons. The number of piperidine rings is 1. The summed E-state index contributed by atoms with van der Waals surface area (Å²) in [5.74, 6) is 0.923. The fourth-order valence-electron chi connectivity index (χ4n) is 3.86. The van der Waals surface area contributed by atoms with E-state index in [-0.39, 0.29) is 18.4 Å². The van der Waals surface area contributed by atoms with E-state index in [0.717, 1.165) is 31.5 Å². The highest BCUT2D eigenvalue weighted by atomic mass is 16.3. The average molecular weight is 325 g/mol. The molecule has 2 fully saturated rings. The molecule has 1 saturated carbocycles. The Balaban J connectivity index is 1.50. The smallest absolute Gasteiger partial charge is 0.257 e. The predicted octanol–water partition coefficient (Wildman–Crippen LogP) is 2.53. The quantitative estimate of drug-likeness (QED) is 0.907. The Kier molecular flexibility index (Phi) is 4.10. The molecule has 0 bridgehead atoms. The molecule has 0 spiro atoms. The second-order valence-corrected chi connectivity index (χ2v) is 6.97. The van der Waals surface area contributed by atoms with Gasteiger partial charge in [0.05, 0.1) is 17.5 Å². The van der Waals surface area contributed by atoms with Crippen LogP contribution < -0.4 is 0 Å². The number of rotatable bonds is 4. The third-order valence-electron chi connectivity index (χ3n) is 5.37. The van der Waals surface area contributed by atoms with Crippen LogP contribution in [0.2, 0.25) is 0 Å². The van der Waals surface area contributed by atoms with Gasteiger partial charge in [-0.2, -0.15) is 5.10 Å². The Morgan fingerprint density at radius 3 is 2.75 bits per heavy atom. The first-order chi connectivity index (χ1) is 11.8. The van der Waals surface area contributed by atoms with Gasteiger partial charge in [-0.25, -0.2) is 0 Å². The van der Waals surface area contributed by atoms with Crippen molar-refractivity contribution in [3.05, 3.63) is 53.3 Å². The van der Waals surface area contributed by atoms with Gasteiger partial charge >= 0.3 is 0 Å². The summed E-state index contributed by atoms with van der Waals surface area (Å²) in [6.07, 6.45) is 4.82. The summed E-state index contributed by atoms with van der Waals surface area (Å²) in [4.78, 5) is 14.8. The van der Waals surface area contributed by atoms with E-state index in [4.69, 9.17) is 0 Å². The molecule has 2 N–H and O–H groups in total. The maximum atomic E-state index is 12.9. The van der Waals surface area contributed by atoms with Gasteiger partial charge in [0.1, 0.15) is 0 Å². The van der Waals surface area contributed by atoms with Crippen molar-refractivity contribution in [3.8, 4) is 0 Å². The lowest BCUT2D eigenvalue weighted by Gasteiger charge is -2.38. The van der Waals surface area contributed by atoms with E-state index in [9.17, 15) is 9.90 Å². The molecule has 1 aromatic carbocycles. The second-order valence-electron chi connectivity index (χ2n) is 6.97. The number of nitrogens with one attached hydrogen (secondary N) is 1. The van der Waals surface area contributed by atoms with Crippen LogP contribution >= 0.6 is 0 Å². The number of nitrogens with zero attached hydrogens (tertiary/aromatic N) is 2. The number of aromatic amines is 1. The zero-order chi connectivity index (χ0) is 16.5. The first kappa shape index (κ1) is 15.4. The molecular weight excluding hydrogens is 302 g/mol. The van der Waals surface area contributed by atoms with Crippen molar-refractivity contribution in [2.45, 2.75) is 31.1 Å². The van der Waals surface area contributed by atoms with Crippen molar-refractivity contribution in [3.63, 3.8) is 0 Å². The molecule has 0 unspecified atom stereocenters. The third kappa shape index (κ3) is 2.84. The van der Waals surface area contributed by atoms with Crippen LogP contribution in [0.15, 0.2) is 36.5 Å². The number of carbonyl (C=O) groups excluding carboxylic acids is 1. The molecule has 126 valence electrons. The molecule has 2 aromatic rings. The number of likely N-dealkylation sites (tertiary alicyclic amines) is 1. The lowest BCUT2D eigenvalue weighted by Crippen LogP contribution is -2.44. The Morgan fingerprint density at radius 1 is 1.25 bits per heavy atom. The van der Waals surface area contributed by atoms with Crippen molar-refractivity contribution in [2.75, 3.05) is 19.7 Å². The number of aromatic nitrogens is 2. The largest absolute Gasteiger partial charge is 0.396 e. The minimum absolute atomic E-state index is 0.0515. The molecule has 2 aliphatic rings. The number of aliphatic hydroxyl groups is 1. The van der Waals surface area contributed by atoms with Gasteiger partial charge in [-0.15, -0.1) is 0 Å². The Labute approximate surface area is 141 Å². The van der Waals surface area contributed by atoms with Crippen LogP contribution in [0.3, 0.4) is 0 Å². The summed E-state index contributed by atoms with van der Waals surface area (Å²) < 4.78 is 0. The highest BCUT2D eigenvalue weighted by Gasteiger charge is 2.35. The third-order valence-corrected chi connectivity index (χ3v) is 5.37. The molecule has 1 aromatic heterocycles. The Hall–Kier alpha value is -2.14. The number of amides is 1. The molecule has 2 heterocycles. The van der Waals surface area contributed by atoms with E-state index >= 15 is 0 Å². The van der Waals surface area contributed by atoms with Gasteiger partial charge in [-0.05, 0) is 30.7 Å². The molecule has 5 heteroatoms. The Morgan fingerprint density at radius 2 is 2.04 bits per heavy atom. The van der Waals surface area contributed by atoms with E-state index in [0.29, 0.717) is 23.9 Å². The second kappa shape index (κ2) is 6.40. The molecule has 4 rings (SSSR count). The summed E-state index contributed by atoms with van der Waals surface area (Å²) in [5, 5.41) is 16.9. The molecular formula is C19H23N3O2. The topological polar surface area (TPSA) is 69.2 Å². The van der Waals surface area contributed by atoms with Gasteiger partial charge in [0.2, 0.25) is 0 Å². The van der Waals surface area contributed by atoms with Crippen LogP contribution in [0.5, 0.6) is 0 Å². The molecule has 5 nitrogen and oxygen atoms in total. The first-order valence-corrected chi connectivity index (χ1v) is 8.76. The standard InChI is InChI=1S/C19H23N3O2/c23-12-15-11-22(9-8-16(15)13-4-2-1-3-5-13)19(24)17-10-20-21-18(17)14-6-7-14/h1-5,10,14-16,23H,6-9,11-12H2,(H,20,21)/t15-,16+/m1/s1. The maximum Gasteiger partial charge on any atom is 0.257 e. The van der Waals surface area contributed by atoms with Crippen molar-refractivity contribution in [1.82, 2.24) is 15.1 Å². The zero-order valence-electron chi connectivity index (χ0n) is 13.7. The normalized spacial score (nSPS) is 24.1. The van der Waals surface area contributed by atoms with Gasteiger partial charge in [-0.3, -0.25) is 9.89 Å². The fourth-order valence-corrected chi connectivity index (χ4v) is 3.86. The van der Waals surface area contributed by atoms with E-state index in [1.807, 2.05) is 23.1 Å². The summed E-state index contributed by atoms with van der Waals surface area (Å²) in [5.41, 5.74) is 2.96. The van der Waals surface area contributed by atoms with Crippen LogP contribution in [0.4, 0.5) is 0 Å². The van der Waals surface area contributed by atoms with Crippen LogP contribution in [-0.2, 0) is 0 Å². The van der Waals surface area contributed by atoms with Gasteiger partial charge in [0.25, 0.3) is 5.91 Å². The van der Waals surface area contributed by atoms with E-state index < -0.39 is 0 Å². The molecule has 2 atom stereocenters. The van der Waals surface area contributed by atoms with E-state index in [2.05, 4.69) is 22.3 Å². The maximum absolute atomic E-state index is 12.9. The van der Waals surface area contributed by atoms with Gasteiger partial charge in [-0.1, -0.05) is 30.3 Å². The lowest BCUT2D eigenvalue weighted by atomic mass is 9.80. The summed E-state index contributed by atoms with van der Waals surface area (Å²) >= 11 is 0. The van der Waals surface area contributed by atoms with Crippen LogP contribution in [0.1, 0.15) is 52.7 Å². The number of hydrogen-bond donors (Lipinski definition) is 2. The van der Waals surface area contributed by atoms with Crippen molar-refractivity contribution in [2.24, 2.45) is 5.92 Å². The van der Waals surface area contributed by atoms with E-state index in [1.165, 1.54) is 5.56 Å². The van der Waals surface area contributed by atoms with Crippen molar-refractivity contribution >= 4 is 5.91 Å².